The molecule has 0 spiro atoms. The third kappa shape index (κ3) is 6.14. The van der Waals surface area contributed by atoms with E-state index in [-0.39, 0.29) is 37.1 Å². The Kier molecular flexibility index (Phi) is 8.30. The first-order valence-corrected chi connectivity index (χ1v) is 11.6. The minimum atomic E-state index is -1.77. The van der Waals surface area contributed by atoms with Gasteiger partial charge in [0.25, 0.3) is 0 Å². The van der Waals surface area contributed by atoms with Crippen LogP contribution in [-0.2, 0) is 44.5 Å². The van der Waals surface area contributed by atoms with Gasteiger partial charge < -0.3 is 18.9 Å². The van der Waals surface area contributed by atoms with Gasteiger partial charge in [-0.3, -0.25) is 19.3 Å². The highest BCUT2D eigenvalue weighted by atomic mass is 16.6. The highest BCUT2D eigenvalue weighted by Crippen LogP contribution is 2.35. The van der Waals surface area contributed by atoms with Crippen molar-refractivity contribution in [3.8, 4) is 0 Å². The van der Waals surface area contributed by atoms with Crippen molar-refractivity contribution in [3.05, 3.63) is 35.9 Å². The molecular formula is C25H33NO8. The van der Waals surface area contributed by atoms with E-state index in [1.165, 1.54) is 27.7 Å². The van der Waals surface area contributed by atoms with E-state index in [0.29, 0.717) is 0 Å². The molecule has 0 bridgehead atoms. The Labute approximate surface area is 199 Å². The summed E-state index contributed by atoms with van der Waals surface area (Å²) >= 11 is 0. The fourth-order valence-electron chi connectivity index (χ4n) is 4.77. The minimum absolute atomic E-state index is 0.0356. The average molecular weight is 476 g/mol. The van der Waals surface area contributed by atoms with Crippen LogP contribution in [0, 0.1) is 5.92 Å². The summed E-state index contributed by atoms with van der Waals surface area (Å²) in [4.78, 5) is 50.7. The van der Waals surface area contributed by atoms with Crippen molar-refractivity contribution >= 4 is 23.9 Å². The molecule has 0 N–H and O–H groups in total. The van der Waals surface area contributed by atoms with Gasteiger partial charge in [0.05, 0.1) is 19.1 Å². The minimum Gasteiger partial charge on any atom is -0.462 e. The predicted molar refractivity (Wildman–Crippen MR) is 120 cm³/mol. The number of hydrogen-bond acceptors (Lipinski definition) is 9. The number of benzene rings is 1. The molecule has 2 heterocycles. The Bertz CT molecular complexity index is 903. The lowest BCUT2D eigenvalue weighted by Crippen LogP contribution is -2.52. The molecule has 1 aromatic carbocycles. The van der Waals surface area contributed by atoms with Crippen LogP contribution in [-0.4, -0.2) is 72.3 Å². The van der Waals surface area contributed by atoms with Gasteiger partial charge in [-0.2, -0.15) is 0 Å². The fourth-order valence-corrected chi connectivity index (χ4v) is 4.77. The van der Waals surface area contributed by atoms with Crippen molar-refractivity contribution in [2.24, 2.45) is 5.92 Å². The normalized spacial score (nSPS) is 24.4. The summed E-state index contributed by atoms with van der Waals surface area (Å²) in [5.74, 6) is -2.39. The van der Waals surface area contributed by atoms with E-state index < -0.39 is 29.6 Å². The van der Waals surface area contributed by atoms with Crippen LogP contribution in [0.5, 0.6) is 0 Å². The molecule has 2 aliphatic rings. The Balaban J connectivity index is 1.61. The van der Waals surface area contributed by atoms with E-state index in [9.17, 15) is 19.2 Å². The van der Waals surface area contributed by atoms with Crippen LogP contribution in [0.3, 0.4) is 0 Å². The fraction of sp³-hybridized carbons (Fsp3) is 0.600. The molecule has 2 fully saturated rings. The van der Waals surface area contributed by atoms with Gasteiger partial charge in [0, 0.05) is 26.3 Å². The molecule has 9 heteroatoms. The van der Waals surface area contributed by atoms with E-state index in [1.807, 2.05) is 30.3 Å². The molecule has 186 valence electrons. The van der Waals surface area contributed by atoms with Crippen molar-refractivity contribution in [2.75, 3.05) is 19.7 Å². The molecule has 0 aromatic heterocycles. The summed E-state index contributed by atoms with van der Waals surface area (Å²) in [6, 6.07) is 9.39. The van der Waals surface area contributed by atoms with Crippen molar-refractivity contribution in [3.63, 3.8) is 0 Å². The third-order valence-electron chi connectivity index (χ3n) is 6.56. The molecule has 0 saturated carbocycles. The second kappa shape index (κ2) is 11.0. The molecule has 0 aliphatic carbocycles. The lowest BCUT2D eigenvalue weighted by Gasteiger charge is -2.32. The number of nitrogens with zero attached hydrogens (tertiary/aromatic N) is 1. The van der Waals surface area contributed by atoms with E-state index in [1.54, 1.807) is 0 Å². The number of fused-ring (bicyclic) bond motifs is 1. The molecule has 1 unspecified atom stereocenters. The second-order valence-electron chi connectivity index (χ2n) is 9.11. The zero-order valence-electron chi connectivity index (χ0n) is 20.2. The predicted octanol–water partition coefficient (Wildman–Crippen LogP) is 2.05. The van der Waals surface area contributed by atoms with Crippen molar-refractivity contribution < 1.29 is 38.1 Å². The first-order chi connectivity index (χ1) is 16.1. The number of rotatable bonds is 9. The van der Waals surface area contributed by atoms with Crippen molar-refractivity contribution in [1.82, 2.24) is 4.90 Å². The smallest absolute Gasteiger partial charge is 0.354 e. The maximum atomic E-state index is 12.9. The van der Waals surface area contributed by atoms with Gasteiger partial charge in [-0.25, -0.2) is 4.79 Å². The molecular weight excluding hydrogens is 442 g/mol. The van der Waals surface area contributed by atoms with Crippen LogP contribution in [0.1, 0.15) is 46.1 Å². The number of esters is 4. The first-order valence-electron chi connectivity index (χ1n) is 11.6. The van der Waals surface area contributed by atoms with Crippen LogP contribution < -0.4 is 0 Å². The molecule has 3 rings (SSSR count). The van der Waals surface area contributed by atoms with Crippen LogP contribution in [0.15, 0.2) is 30.3 Å². The third-order valence-corrected chi connectivity index (χ3v) is 6.56. The largest absolute Gasteiger partial charge is 0.462 e. The van der Waals surface area contributed by atoms with Gasteiger partial charge in [0.1, 0.15) is 12.2 Å². The number of carbonyl (C=O) groups excluding carboxylic acids is 4. The van der Waals surface area contributed by atoms with Crippen LogP contribution >= 0.6 is 0 Å². The Hall–Kier alpha value is -2.94. The monoisotopic (exact) mass is 475 g/mol. The highest BCUT2D eigenvalue weighted by molar-refractivity contribution is 5.83. The summed E-state index contributed by atoms with van der Waals surface area (Å²) < 4.78 is 21.7. The van der Waals surface area contributed by atoms with Crippen LogP contribution in [0.25, 0.3) is 0 Å². The van der Waals surface area contributed by atoms with Gasteiger partial charge in [-0.05, 0) is 38.8 Å². The van der Waals surface area contributed by atoms with E-state index >= 15 is 0 Å². The summed E-state index contributed by atoms with van der Waals surface area (Å²) in [5.41, 5.74) is -0.876. The van der Waals surface area contributed by atoms with Gasteiger partial charge in [0.2, 0.25) is 5.60 Å². The Morgan fingerprint density at radius 2 is 1.74 bits per heavy atom. The molecule has 2 saturated heterocycles. The van der Waals surface area contributed by atoms with Crippen LogP contribution in [0.4, 0.5) is 0 Å². The SMILES string of the molecule is CC(=O)O[C@H](C)[C@](C)(OC(C)=O)C(=O)OC[C@H]1CCN2CC[C@@H](OC(=O)Cc3ccccc3)C12. The topological polar surface area (TPSA) is 108 Å². The molecule has 2 aliphatic heterocycles. The van der Waals surface area contributed by atoms with Gasteiger partial charge in [-0.15, -0.1) is 0 Å². The van der Waals surface area contributed by atoms with Gasteiger partial charge in [0.15, 0.2) is 0 Å². The quantitative estimate of drug-likeness (QED) is 0.392. The maximum Gasteiger partial charge on any atom is 0.354 e. The molecule has 0 amide bonds. The second-order valence-corrected chi connectivity index (χ2v) is 9.11. The highest BCUT2D eigenvalue weighted by Gasteiger charge is 2.49. The number of carbonyl (C=O) groups is 4. The molecule has 34 heavy (non-hydrogen) atoms. The molecule has 0 radical (unpaired) electrons. The van der Waals surface area contributed by atoms with E-state index in [2.05, 4.69) is 4.90 Å². The zero-order valence-corrected chi connectivity index (χ0v) is 20.2. The van der Waals surface area contributed by atoms with E-state index in [4.69, 9.17) is 18.9 Å². The summed E-state index contributed by atoms with van der Waals surface area (Å²) in [6.45, 7) is 6.95. The van der Waals surface area contributed by atoms with Crippen LogP contribution in [0.2, 0.25) is 0 Å². The molecule has 1 aromatic rings. The number of hydrogen-bond donors (Lipinski definition) is 0. The molecule has 9 nitrogen and oxygen atoms in total. The average Bonchev–Trinajstić information content (AvgIpc) is 3.34. The number of ether oxygens (including phenoxy) is 4. The van der Waals surface area contributed by atoms with Gasteiger partial charge >= 0.3 is 23.9 Å². The van der Waals surface area contributed by atoms with Gasteiger partial charge in [-0.1, -0.05) is 30.3 Å². The van der Waals surface area contributed by atoms with Crippen molar-refractivity contribution in [2.45, 2.75) is 70.8 Å². The Morgan fingerprint density at radius 1 is 1.06 bits per heavy atom. The lowest BCUT2D eigenvalue weighted by atomic mass is 9.96. The van der Waals surface area contributed by atoms with E-state index in [0.717, 1.165) is 31.5 Å². The standard InChI is InChI=1S/C25H33NO8/c1-16(32-17(2)27)25(4,34-18(3)28)24(30)31-15-20-10-12-26-13-11-21(23(20)26)33-22(29)14-19-8-6-5-7-9-19/h5-9,16,20-21,23H,10-15H2,1-4H3/t16-,20-,21-,23?,25+/m1/s1. The Morgan fingerprint density at radius 3 is 2.38 bits per heavy atom. The maximum absolute atomic E-state index is 12.9. The summed E-state index contributed by atoms with van der Waals surface area (Å²) in [7, 11) is 0. The zero-order chi connectivity index (χ0) is 24.9. The summed E-state index contributed by atoms with van der Waals surface area (Å²) in [6.07, 6.45) is 0.416. The van der Waals surface area contributed by atoms with Crippen molar-refractivity contribution in [1.29, 1.82) is 0 Å². The molecule has 5 atom stereocenters. The lowest BCUT2D eigenvalue weighted by molar-refractivity contribution is -0.198. The summed E-state index contributed by atoms with van der Waals surface area (Å²) in [5, 5.41) is 0. The first kappa shape index (κ1) is 25.7.